The Morgan fingerprint density at radius 2 is 1.88 bits per heavy atom. The number of nitrogens with one attached hydrogen (secondary N) is 1. The molecule has 2 heterocycles. The van der Waals surface area contributed by atoms with Crippen molar-refractivity contribution >= 4 is 57.9 Å². The van der Waals surface area contributed by atoms with Crippen molar-refractivity contribution in [3.8, 4) is 16.6 Å². The Morgan fingerprint density at radius 1 is 1.16 bits per heavy atom. The number of hydrogen-bond acceptors (Lipinski definition) is 6. The van der Waals surface area contributed by atoms with E-state index in [-0.39, 0.29) is 5.57 Å². The number of rotatable bonds is 5. The molecule has 1 fully saturated rings. The van der Waals surface area contributed by atoms with Crippen LogP contribution >= 0.6 is 34.5 Å². The monoisotopic (exact) mass is 484 g/mol. The summed E-state index contributed by atoms with van der Waals surface area (Å²) in [7, 11) is 0. The number of benzene rings is 2. The Morgan fingerprint density at radius 3 is 2.59 bits per heavy atom. The Kier molecular flexibility index (Phi) is 7.08. The van der Waals surface area contributed by atoms with Gasteiger partial charge in [-0.25, -0.2) is 4.98 Å². The van der Waals surface area contributed by atoms with Crippen LogP contribution in [0.15, 0.2) is 53.4 Å². The van der Waals surface area contributed by atoms with E-state index in [0.29, 0.717) is 47.7 Å². The van der Waals surface area contributed by atoms with Gasteiger partial charge < -0.3 is 15.0 Å². The maximum atomic E-state index is 12.9. The highest BCUT2D eigenvalue weighted by molar-refractivity contribution is 7.13. The molecule has 0 bridgehead atoms. The average molecular weight is 485 g/mol. The molecule has 0 saturated carbocycles. The summed E-state index contributed by atoms with van der Waals surface area (Å²) >= 11 is 13.5. The standard InChI is InChI=1S/C23H18Cl2N4O2S/c24-17-3-1-15(2-4-17)23-27-19(14-32-23)11-16(13-26)22(30)28-20-12-18(25)5-6-21(20)29-7-9-31-10-8-29/h1-6,11-12,14H,7-10H2,(H,28,30)/b16-11+. The van der Waals surface area contributed by atoms with E-state index in [9.17, 15) is 10.1 Å². The van der Waals surface area contributed by atoms with Crippen LogP contribution in [0.5, 0.6) is 0 Å². The summed E-state index contributed by atoms with van der Waals surface area (Å²) in [5.41, 5.74) is 2.78. The van der Waals surface area contributed by atoms with Gasteiger partial charge >= 0.3 is 0 Å². The fourth-order valence-electron chi connectivity index (χ4n) is 3.25. The minimum atomic E-state index is -0.523. The van der Waals surface area contributed by atoms with Crippen LogP contribution in [0, 0.1) is 11.3 Å². The summed E-state index contributed by atoms with van der Waals surface area (Å²) in [6, 6.07) is 14.6. The van der Waals surface area contributed by atoms with Gasteiger partial charge in [-0.2, -0.15) is 5.26 Å². The predicted molar refractivity (Wildman–Crippen MR) is 129 cm³/mol. The molecular formula is C23H18Cl2N4O2S. The van der Waals surface area contributed by atoms with Gasteiger partial charge in [-0.05, 0) is 36.4 Å². The Hall–Kier alpha value is -2.89. The molecule has 1 saturated heterocycles. The van der Waals surface area contributed by atoms with Crippen molar-refractivity contribution < 1.29 is 9.53 Å². The van der Waals surface area contributed by atoms with Crippen molar-refractivity contribution in [3.63, 3.8) is 0 Å². The number of thiazole rings is 1. The molecule has 4 rings (SSSR count). The van der Waals surface area contributed by atoms with Gasteiger partial charge in [0, 0.05) is 34.1 Å². The van der Waals surface area contributed by atoms with E-state index >= 15 is 0 Å². The zero-order valence-electron chi connectivity index (χ0n) is 16.8. The van der Waals surface area contributed by atoms with Gasteiger partial charge in [0.15, 0.2) is 0 Å². The van der Waals surface area contributed by atoms with Gasteiger partial charge in [0.2, 0.25) is 0 Å². The molecule has 162 valence electrons. The summed E-state index contributed by atoms with van der Waals surface area (Å²) < 4.78 is 5.41. The number of aromatic nitrogens is 1. The molecule has 1 amide bonds. The van der Waals surface area contributed by atoms with E-state index in [2.05, 4.69) is 15.2 Å². The van der Waals surface area contributed by atoms with E-state index in [0.717, 1.165) is 16.3 Å². The molecule has 2 aromatic carbocycles. The molecule has 6 nitrogen and oxygen atoms in total. The number of nitriles is 1. The zero-order valence-corrected chi connectivity index (χ0v) is 19.2. The molecule has 0 atom stereocenters. The second-order valence-electron chi connectivity index (χ2n) is 6.97. The topological polar surface area (TPSA) is 78.2 Å². The lowest BCUT2D eigenvalue weighted by atomic mass is 10.2. The van der Waals surface area contributed by atoms with Crippen LogP contribution < -0.4 is 10.2 Å². The number of halogens is 2. The third-order valence-electron chi connectivity index (χ3n) is 4.83. The Balaban J connectivity index is 1.55. The molecule has 9 heteroatoms. The predicted octanol–water partition coefficient (Wildman–Crippen LogP) is 5.50. The number of carbonyl (C=O) groups excluding carboxylic acids is 1. The fraction of sp³-hybridized carbons (Fsp3) is 0.174. The lowest BCUT2D eigenvalue weighted by molar-refractivity contribution is -0.112. The number of morpholine rings is 1. The first-order valence-electron chi connectivity index (χ1n) is 9.80. The van der Waals surface area contributed by atoms with Crippen molar-refractivity contribution in [1.82, 2.24) is 4.98 Å². The average Bonchev–Trinajstić information content (AvgIpc) is 3.27. The van der Waals surface area contributed by atoms with Crippen LogP contribution in [0.4, 0.5) is 11.4 Å². The highest BCUT2D eigenvalue weighted by Crippen LogP contribution is 2.31. The first-order chi connectivity index (χ1) is 15.5. The van der Waals surface area contributed by atoms with E-state index in [1.54, 1.807) is 29.6 Å². The van der Waals surface area contributed by atoms with E-state index < -0.39 is 5.91 Å². The number of hydrogen-bond donors (Lipinski definition) is 1. The SMILES string of the molecule is N#C/C(=C\c1csc(-c2ccc(Cl)cc2)n1)C(=O)Nc1cc(Cl)ccc1N1CCOCC1. The number of carbonyl (C=O) groups is 1. The zero-order chi connectivity index (χ0) is 22.5. The van der Waals surface area contributed by atoms with E-state index in [4.69, 9.17) is 27.9 Å². The summed E-state index contributed by atoms with van der Waals surface area (Å²) in [4.78, 5) is 19.5. The van der Waals surface area contributed by atoms with Crippen molar-refractivity contribution in [3.05, 3.63) is 69.2 Å². The molecule has 1 N–H and O–H groups in total. The molecule has 3 aromatic rings. The molecule has 0 aliphatic carbocycles. The van der Waals surface area contributed by atoms with Crippen LogP contribution in [-0.4, -0.2) is 37.2 Å². The van der Waals surface area contributed by atoms with Gasteiger partial charge in [0.1, 0.15) is 16.6 Å². The second kappa shape index (κ2) is 10.2. The summed E-state index contributed by atoms with van der Waals surface area (Å²) in [6.45, 7) is 2.63. The van der Waals surface area contributed by atoms with Crippen molar-refractivity contribution in [2.75, 3.05) is 36.5 Å². The maximum Gasteiger partial charge on any atom is 0.266 e. The van der Waals surface area contributed by atoms with Crippen molar-refractivity contribution in [1.29, 1.82) is 5.26 Å². The van der Waals surface area contributed by atoms with E-state index in [1.807, 2.05) is 24.3 Å². The molecular weight excluding hydrogens is 467 g/mol. The van der Waals surface area contributed by atoms with Gasteiger partial charge in [-0.1, -0.05) is 35.3 Å². The third-order valence-corrected chi connectivity index (χ3v) is 6.23. The number of anilines is 2. The normalized spacial score (nSPS) is 14.2. The van der Waals surface area contributed by atoms with Crippen LogP contribution in [-0.2, 0) is 9.53 Å². The lowest BCUT2D eigenvalue weighted by Gasteiger charge is -2.30. The molecule has 0 spiro atoms. The van der Waals surface area contributed by atoms with Crippen LogP contribution in [0.3, 0.4) is 0 Å². The molecule has 1 aliphatic heterocycles. The van der Waals surface area contributed by atoms with Gasteiger partial charge in [-0.3, -0.25) is 4.79 Å². The minimum absolute atomic E-state index is 0.0501. The summed E-state index contributed by atoms with van der Waals surface area (Å²) in [5, 5.41) is 16.1. The Bertz CT molecular complexity index is 1200. The van der Waals surface area contributed by atoms with Crippen molar-refractivity contribution in [2.45, 2.75) is 0 Å². The van der Waals surface area contributed by atoms with E-state index in [1.165, 1.54) is 17.4 Å². The van der Waals surface area contributed by atoms with Crippen LogP contribution in [0.25, 0.3) is 16.6 Å². The second-order valence-corrected chi connectivity index (χ2v) is 8.70. The summed E-state index contributed by atoms with van der Waals surface area (Å²) in [5.74, 6) is -0.523. The van der Waals surface area contributed by atoms with Gasteiger partial charge in [0.05, 0.1) is 30.3 Å². The quantitative estimate of drug-likeness (QED) is 0.382. The number of nitrogens with zero attached hydrogens (tertiary/aromatic N) is 3. The largest absolute Gasteiger partial charge is 0.378 e. The van der Waals surface area contributed by atoms with Gasteiger partial charge in [0.25, 0.3) is 5.91 Å². The Labute approximate surface area is 199 Å². The molecule has 1 aliphatic rings. The number of ether oxygens (including phenoxy) is 1. The summed E-state index contributed by atoms with van der Waals surface area (Å²) in [6.07, 6.45) is 1.48. The first-order valence-corrected chi connectivity index (χ1v) is 11.4. The third kappa shape index (κ3) is 5.29. The smallest absolute Gasteiger partial charge is 0.266 e. The first kappa shape index (κ1) is 22.3. The minimum Gasteiger partial charge on any atom is -0.378 e. The highest BCUT2D eigenvalue weighted by Gasteiger charge is 2.18. The van der Waals surface area contributed by atoms with Gasteiger partial charge in [-0.15, -0.1) is 11.3 Å². The molecule has 0 unspecified atom stereocenters. The fourth-order valence-corrected chi connectivity index (χ4v) is 4.33. The maximum absolute atomic E-state index is 12.9. The van der Waals surface area contributed by atoms with Crippen LogP contribution in [0.1, 0.15) is 5.69 Å². The highest BCUT2D eigenvalue weighted by atomic mass is 35.5. The number of amides is 1. The molecule has 1 aromatic heterocycles. The van der Waals surface area contributed by atoms with Crippen molar-refractivity contribution in [2.24, 2.45) is 0 Å². The molecule has 0 radical (unpaired) electrons. The molecule has 32 heavy (non-hydrogen) atoms. The lowest BCUT2D eigenvalue weighted by Crippen LogP contribution is -2.36. The van der Waals surface area contributed by atoms with Crippen LogP contribution in [0.2, 0.25) is 10.0 Å².